The smallest absolute Gasteiger partial charge is 0.328 e. The predicted molar refractivity (Wildman–Crippen MR) is 83.3 cm³/mol. The highest BCUT2D eigenvalue weighted by molar-refractivity contribution is 5.93. The zero-order chi connectivity index (χ0) is 16.0. The Labute approximate surface area is 126 Å². The summed E-state index contributed by atoms with van der Waals surface area (Å²) in [5.41, 5.74) is 2.83. The second kappa shape index (κ2) is 7.67. The lowest BCUT2D eigenvalue weighted by atomic mass is 10.0. The number of urea groups is 1. The number of rotatable bonds is 5. The van der Waals surface area contributed by atoms with Crippen molar-refractivity contribution in [2.45, 2.75) is 40.2 Å². The molecule has 5 nitrogen and oxygen atoms in total. The molecule has 0 fully saturated rings. The summed E-state index contributed by atoms with van der Waals surface area (Å²) >= 11 is 0. The molecule has 0 bridgehead atoms. The fraction of sp³-hybridized carbons (Fsp3) is 0.500. The van der Waals surface area contributed by atoms with E-state index in [0.29, 0.717) is 6.42 Å². The number of carbonyl (C=O) groups is 2. The quantitative estimate of drug-likeness (QED) is 0.820. The van der Waals surface area contributed by atoms with E-state index in [9.17, 15) is 9.59 Å². The van der Waals surface area contributed by atoms with Crippen molar-refractivity contribution in [3.63, 3.8) is 0 Å². The second-order valence-electron chi connectivity index (χ2n) is 5.62. The molecule has 0 radical (unpaired) electrons. The van der Waals surface area contributed by atoms with Gasteiger partial charge in [0.05, 0.1) is 7.11 Å². The van der Waals surface area contributed by atoms with Crippen molar-refractivity contribution in [3.05, 3.63) is 29.3 Å². The van der Waals surface area contributed by atoms with Gasteiger partial charge >= 0.3 is 12.0 Å². The number of nitrogens with one attached hydrogen (secondary N) is 2. The summed E-state index contributed by atoms with van der Waals surface area (Å²) in [5, 5.41) is 5.43. The lowest BCUT2D eigenvalue weighted by Crippen LogP contribution is -2.44. The molecule has 2 amide bonds. The van der Waals surface area contributed by atoms with Crippen LogP contribution >= 0.6 is 0 Å². The highest BCUT2D eigenvalue weighted by Crippen LogP contribution is 2.16. The van der Waals surface area contributed by atoms with E-state index in [1.165, 1.54) is 7.11 Å². The monoisotopic (exact) mass is 292 g/mol. The van der Waals surface area contributed by atoms with Crippen molar-refractivity contribution in [1.82, 2.24) is 5.32 Å². The van der Waals surface area contributed by atoms with Gasteiger partial charge in [0.2, 0.25) is 0 Å². The van der Waals surface area contributed by atoms with Crippen LogP contribution in [-0.4, -0.2) is 25.2 Å². The van der Waals surface area contributed by atoms with Gasteiger partial charge in [-0.1, -0.05) is 31.5 Å². The molecule has 1 aromatic carbocycles. The summed E-state index contributed by atoms with van der Waals surface area (Å²) in [6.45, 7) is 7.89. The zero-order valence-electron chi connectivity index (χ0n) is 13.3. The van der Waals surface area contributed by atoms with Crippen molar-refractivity contribution in [1.29, 1.82) is 0 Å². The maximum Gasteiger partial charge on any atom is 0.328 e. The number of ether oxygens (including phenoxy) is 1. The summed E-state index contributed by atoms with van der Waals surface area (Å²) in [7, 11) is 1.32. The first-order chi connectivity index (χ1) is 9.83. The van der Waals surface area contributed by atoms with Gasteiger partial charge < -0.3 is 15.4 Å². The number of hydrogen-bond donors (Lipinski definition) is 2. The molecule has 0 unspecified atom stereocenters. The average Bonchev–Trinajstić information content (AvgIpc) is 2.39. The van der Waals surface area contributed by atoms with Crippen LogP contribution in [0.4, 0.5) is 10.5 Å². The van der Waals surface area contributed by atoms with Gasteiger partial charge in [0.1, 0.15) is 6.04 Å². The second-order valence-corrected chi connectivity index (χ2v) is 5.62. The van der Waals surface area contributed by atoms with E-state index in [0.717, 1.165) is 16.8 Å². The molecule has 1 aromatic rings. The molecular formula is C16H24N2O3. The number of benzene rings is 1. The van der Waals surface area contributed by atoms with Crippen molar-refractivity contribution in [3.8, 4) is 0 Å². The number of aryl methyl sites for hydroxylation is 2. The fourth-order valence-electron chi connectivity index (χ4n) is 2.10. The van der Waals surface area contributed by atoms with Gasteiger partial charge in [-0.2, -0.15) is 0 Å². The van der Waals surface area contributed by atoms with Crippen molar-refractivity contribution < 1.29 is 14.3 Å². The molecule has 0 heterocycles. The molecular weight excluding hydrogens is 268 g/mol. The first-order valence-electron chi connectivity index (χ1n) is 7.06. The summed E-state index contributed by atoms with van der Waals surface area (Å²) in [6.07, 6.45) is 0.535. The minimum Gasteiger partial charge on any atom is -0.467 e. The summed E-state index contributed by atoms with van der Waals surface area (Å²) < 4.78 is 4.72. The van der Waals surface area contributed by atoms with Gasteiger partial charge in [-0.05, 0) is 37.8 Å². The molecule has 5 heteroatoms. The third-order valence-corrected chi connectivity index (χ3v) is 3.13. The summed E-state index contributed by atoms with van der Waals surface area (Å²) in [4.78, 5) is 23.7. The van der Waals surface area contributed by atoms with Gasteiger partial charge in [0.25, 0.3) is 0 Å². The Morgan fingerprint density at radius 2 is 1.90 bits per heavy atom. The maximum atomic E-state index is 12.0. The van der Waals surface area contributed by atoms with Crippen molar-refractivity contribution in [2.24, 2.45) is 5.92 Å². The van der Waals surface area contributed by atoms with E-state index in [-0.39, 0.29) is 5.92 Å². The summed E-state index contributed by atoms with van der Waals surface area (Å²) in [5.74, 6) is -0.157. The zero-order valence-corrected chi connectivity index (χ0v) is 13.3. The van der Waals surface area contributed by atoms with E-state index in [2.05, 4.69) is 10.6 Å². The lowest BCUT2D eigenvalue weighted by molar-refractivity contribution is -0.143. The van der Waals surface area contributed by atoms with E-state index in [4.69, 9.17) is 4.74 Å². The number of amides is 2. The Balaban J connectivity index is 2.71. The van der Waals surface area contributed by atoms with Gasteiger partial charge in [0.15, 0.2) is 0 Å². The predicted octanol–water partition coefficient (Wildman–Crippen LogP) is 3.01. The van der Waals surface area contributed by atoms with Gasteiger partial charge in [0, 0.05) is 5.69 Å². The normalized spacial score (nSPS) is 11.9. The first kappa shape index (κ1) is 17.0. The molecule has 1 atom stereocenters. The molecule has 0 aromatic heterocycles. The molecule has 0 aliphatic rings. The SMILES string of the molecule is COC(=O)[C@H](CC(C)C)NC(=O)Nc1ccc(C)cc1C. The largest absolute Gasteiger partial charge is 0.467 e. The van der Waals surface area contributed by atoms with Crippen LogP contribution in [0.2, 0.25) is 0 Å². The Bertz CT molecular complexity index is 512. The molecule has 2 N–H and O–H groups in total. The number of hydrogen-bond acceptors (Lipinski definition) is 3. The molecule has 0 spiro atoms. The van der Waals surface area contributed by atoms with E-state index in [1.807, 2.05) is 45.9 Å². The van der Waals surface area contributed by atoms with Gasteiger partial charge in [-0.3, -0.25) is 0 Å². The molecule has 21 heavy (non-hydrogen) atoms. The number of anilines is 1. The minimum absolute atomic E-state index is 0.274. The highest BCUT2D eigenvalue weighted by atomic mass is 16.5. The Hall–Kier alpha value is -2.04. The maximum absolute atomic E-state index is 12.0. The summed E-state index contributed by atoms with van der Waals surface area (Å²) in [6, 6.07) is 4.72. The number of methoxy groups -OCH3 is 1. The lowest BCUT2D eigenvalue weighted by Gasteiger charge is -2.19. The molecule has 0 aliphatic heterocycles. The number of esters is 1. The van der Waals surface area contributed by atoms with Crippen LogP contribution in [0.25, 0.3) is 0 Å². The van der Waals surface area contributed by atoms with E-state index >= 15 is 0 Å². The Morgan fingerprint density at radius 3 is 2.43 bits per heavy atom. The van der Waals surface area contributed by atoms with Crippen LogP contribution in [-0.2, 0) is 9.53 Å². The first-order valence-corrected chi connectivity index (χ1v) is 7.06. The van der Waals surface area contributed by atoms with Crippen molar-refractivity contribution >= 4 is 17.7 Å². The molecule has 0 saturated carbocycles. The topological polar surface area (TPSA) is 67.4 Å². The third-order valence-electron chi connectivity index (χ3n) is 3.13. The van der Waals surface area contributed by atoms with Gasteiger partial charge in [-0.25, -0.2) is 9.59 Å². The molecule has 116 valence electrons. The Kier molecular flexibility index (Phi) is 6.21. The van der Waals surface area contributed by atoms with Gasteiger partial charge in [-0.15, -0.1) is 0 Å². The molecule has 0 aliphatic carbocycles. The van der Waals surface area contributed by atoms with Crippen LogP contribution in [0.5, 0.6) is 0 Å². The standard InChI is InChI=1S/C16H24N2O3/c1-10(2)8-14(15(19)21-5)18-16(20)17-13-7-6-11(3)9-12(13)4/h6-7,9-10,14H,8H2,1-5H3,(H2,17,18,20)/t14-/m0/s1. The van der Waals surface area contributed by atoms with Crippen LogP contribution in [0.3, 0.4) is 0 Å². The Morgan fingerprint density at radius 1 is 1.24 bits per heavy atom. The van der Waals surface area contributed by atoms with Crippen LogP contribution in [0, 0.1) is 19.8 Å². The number of carbonyl (C=O) groups excluding carboxylic acids is 2. The van der Waals surface area contributed by atoms with E-state index < -0.39 is 18.0 Å². The fourth-order valence-corrected chi connectivity index (χ4v) is 2.10. The van der Waals surface area contributed by atoms with Crippen LogP contribution in [0.1, 0.15) is 31.4 Å². The minimum atomic E-state index is -0.638. The van der Waals surface area contributed by atoms with Crippen LogP contribution < -0.4 is 10.6 Å². The highest BCUT2D eigenvalue weighted by Gasteiger charge is 2.22. The van der Waals surface area contributed by atoms with E-state index in [1.54, 1.807) is 0 Å². The molecule has 0 saturated heterocycles. The third kappa shape index (κ3) is 5.45. The average molecular weight is 292 g/mol. The van der Waals surface area contributed by atoms with Crippen molar-refractivity contribution in [2.75, 3.05) is 12.4 Å². The molecule has 1 rings (SSSR count). The van der Waals surface area contributed by atoms with Crippen LogP contribution in [0.15, 0.2) is 18.2 Å².